The zero-order chi connectivity index (χ0) is 19.0. The highest BCUT2D eigenvalue weighted by atomic mass is 19.4. The number of carboxylic acid groups (broad SMARTS) is 1. The molecule has 0 radical (unpaired) electrons. The standard InChI is InChI=1S/C15H12F6O4/c1-2-3-8-9-6-7(25-15(19,20)21)4-5-10(9)24-12(14(16,17)18)11(8)13(22)23/h4-6,12H,2-3H2,1H3,(H,22,23)/t12-/m1/s1. The highest BCUT2D eigenvalue weighted by Crippen LogP contribution is 2.44. The van der Waals surface area contributed by atoms with Gasteiger partial charge in [-0.15, -0.1) is 13.2 Å². The highest BCUT2D eigenvalue weighted by molar-refractivity contribution is 5.99. The van der Waals surface area contributed by atoms with Crippen LogP contribution in [0.2, 0.25) is 0 Å². The van der Waals surface area contributed by atoms with Crippen molar-refractivity contribution in [3.8, 4) is 11.5 Å². The van der Waals surface area contributed by atoms with E-state index in [1.807, 2.05) is 0 Å². The monoisotopic (exact) mass is 370 g/mol. The summed E-state index contributed by atoms with van der Waals surface area (Å²) in [7, 11) is 0. The first kappa shape index (κ1) is 18.9. The first-order valence-electron chi connectivity index (χ1n) is 7.04. The van der Waals surface area contributed by atoms with E-state index >= 15 is 0 Å². The van der Waals surface area contributed by atoms with Crippen molar-refractivity contribution in [1.82, 2.24) is 0 Å². The first-order valence-corrected chi connectivity index (χ1v) is 7.04. The molecule has 4 nitrogen and oxygen atoms in total. The molecule has 1 aromatic carbocycles. The van der Waals surface area contributed by atoms with Crippen molar-refractivity contribution < 1.29 is 45.7 Å². The molecule has 1 heterocycles. The molecule has 1 atom stereocenters. The number of hydrogen-bond donors (Lipinski definition) is 1. The normalized spacial score (nSPS) is 17.8. The summed E-state index contributed by atoms with van der Waals surface area (Å²) in [5, 5.41) is 9.20. The molecule has 0 fully saturated rings. The Bertz CT molecular complexity index is 705. The van der Waals surface area contributed by atoms with Crippen LogP contribution in [0.4, 0.5) is 26.3 Å². The molecule has 0 amide bonds. The number of alkyl halides is 6. The van der Waals surface area contributed by atoms with E-state index < -0.39 is 35.9 Å². The maximum Gasteiger partial charge on any atom is 0.573 e. The maximum atomic E-state index is 13.2. The largest absolute Gasteiger partial charge is 0.573 e. The molecule has 1 aliphatic rings. The number of benzene rings is 1. The molecule has 0 spiro atoms. The zero-order valence-corrected chi connectivity index (χ0v) is 12.7. The van der Waals surface area contributed by atoms with Gasteiger partial charge in [-0.2, -0.15) is 13.2 Å². The van der Waals surface area contributed by atoms with Crippen molar-refractivity contribution in [3.63, 3.8) is 0 Å². The minimum Gasteiger partial charge on any atom is -0.478 e. The summed E-state index contributed by atoms with van der Waals surface area (Å²) in [4.78, 5) is 11.4. The molecule has 25 heavy (non-hydrogen) atoms. The van der Waals surface area contributed by atoms with Gasteiger partial charge in [0.15, 0.2) is 0 Å². The third kappa shape index (κ3) is 4.18. The number of carbonyl (C=O) groups is 1. The summed E-state index contributed by atoms with van der Waals surface area (Å²) in [5.41, 5.74) is -1.43. The number of halogens is 6. The van der Waals surface area contributed by atoms with Crippen LogP contribution in [-0.2, 0) is 4.79 Å². The molecule has 10 heteroatoms. The number of fused-ring (bicyclic) bond motifs is 1. The number of ether oxygens (including phenoxy) is 2. The molecule has 1 aromatic rings. The van der Waals surface area contributed by atoms with E-state index in [9.17, 15) is 36.2 Å². The van der Waals surface area contributed by atoms with Gasteiger partial charge in [0, 0.05) is 5.56 Å². The van der Waals surface area contributed by atoms with Crippen LogP contribution in [-0.4, -0.2) is 29.7 Å². The van der Waals surface area contributed by atoms with Gasteiger partial charge in [0.2, 0.25) is 6.10 Å². The fourth-order valence-electron chi connectivity index (χ4n) is 2.53. The molecule has 1 aliphatic heterocycles. The van der Waals surface area contributed by atoms with Crippen LogP contribution in [0.5, 0.6) is 11.5 Å². The van der Waals surface area contributed by atoms with Gasteiger partial charge in [-0.05, 0) is 30.2 Å². The Hall–Kier alpha value is -2.39. The van der Waals surface area contributed by atoms with Crippen LogP contribution in [0.1, 0.15) is 25.3 Å². The average Bonchev–Trinajstić information content (AvgIpc) is 2.44. The Morgan fingerprint density at radius 1 is 1.24 bits per heavy atom. The molecular weight excluding hydrogens is 358 g/mol. The second-order valence-corrected chi connectivity index (χ2v) is 5.19. The van der Waals surface area contributed by atoms with Gasteiger partial charge >= 0.3 is 18.5 Å². The van der Waals surface area contributed by atoms with E-state index in [1.165, 1.54) is 0 Å². The van der Waals surface area contributed by atoms with Gasteiger partial charge < -0.3 is 14.6 Å². The third-order valence-corrected chi connectivity index (χ3v) is 3.37. The predicted molar refractivity (Wildman–Crippen MR) is 73.1 cm³/mol. The fourth-order valence-corrected chi connectivity index (χ4v) is 2.53. The van der Waals surface area contributed by atoms with Crippen molar-refractivity contribution in [1.29, 1.82) is 0 Å². The van der Waals surface area contributed by atoms with Crippen LogP contribution in [0.25, 0.3) is 5.57 Å². The van der Waals surface area contributed by atoms with E-state index in [2.05, 4.69) is 4.74 Å². The van der Waals surface area contributed by atoms with E-state index in [4.69, 9.17) is 4.74 Å². The predicted octanol–water partition coefficient (Wildman–Crippen LogP) is 4.55. The third-order valence-electron chi connectivity index (χ3n) is 3.37. The Balaban J connectivity index is 2.63. The lowest BCUT2D eigenvalue weighted by Gasteiger charge is -2.31. The number of rotatable bonds is 4. The summed E-state index contributed by atoms with van der Waals surface area (Å²) >= 11 is 0. The fraction of sp³-hybridized carbons (Fsp3) is 0.400. The topological polar surface area (TPSA) is 55.8 Å². The molecule has 2 rings (SSSR count). The van der Waals surface area contributed by atoms with Crippen molar-refractivity contribution >= 4 is 11.5 Å². The van der Waals surface area contributed by atoms with Crippen LogP contribution < -0.4 is 9.47 Å². The minimum absolute atomic E-state index is 0.0833. The summed E-state index contributed by atoms with van der Waals surface area (Å²) in [6, 6.07) is 2.52. The maximum absolute atomic E-state index is 13.2. The van der Waals surface area contributed by atoms with E-state index in [0.717, 1.165) is 18.2 Å². The van der Waals surface area contributed by atoms with Gasteiger partial charge in [-0.25, -0.2) is 4.79 Å². The Labute approximate surface area is 137 Å². The van der Waals surface area contributed by atoms with Gasteiger partial charge in [0.05, 0.1) is 5.57 Å². The van der Waals surface area contributed by atoms with Crippen molar-refractivity contribution in [2.45, 2.75) is 38.4 Å². The van der Waals surface area contributed by atoms with Crippen molar-refractivity contribution in [2.24, 2.45) is 0 Å². The highest BCUT2D eigenvalue weighted by Gasteiger charge is 2.50. The molecule has 0 unspecified atom stereocenters. The zero-order valence-electron chi connectivity index (χ0n) is 12.7. The summed E-state index contributed by atoms with van der Waals surface area (Å²) in [6.45, 7) is 1.60. The molecule has 0 aliphatic carbocycles. The SMILES string of the molecule is CCCC1=C(C(=O)O)[C@H](C(F)(F)F)Oc2ccc(OC(F)(F)F)cc21. The second kappa shape index (κ2) is 6.49. The lowest BCUT2D eigenvalue weighted by Crippen LogP contribution is -2.41. The molecule has 0 saturated carbocycles. The van der Waals surface area contributed by atoms with E-state index in [1.54, 1.807) is 6.92 Å². The van der Waals surface area contributed by atoms with Crippen molar-refractivity contribution in [2.75, 3.05) is 0 Å². The molecule has 0 bridgehead atoms. The molecule has 138 valence electrons. The summed E-state index contributed by atoms with van der Waals surface area (Å²) in [5.74, 6) is -2.89. The molecule has 1 N–H and O–H groups in total. The van der Waals surface area contributed by atoms with Crippen LogP contribution in [0.3, 0.4) is 0 Å². The minimum atomic E-state index is -5.00. The number of allylic oxidation sites excluding steroid dienone is 1. The smallest absolute Gasteiger partial charge is 0.478 e. The van der Waals surface area contributed by atoms with Crippen molar-refractivity contribution in [3.05, 3.63) is 29.3 Å². The summed E-state index contributed by atoms with van der Waals surface area (Å²) in [6.07, 6.45) is -12.5. The Kier molecular flexibility index (Phi) is 4.92. The molecule has 0 aromatic heterocycles. The van der Waals surface area contributed by atoms with Gasteiger partial charge in [-0.1, -0.05) is 13.3 Å². The first-order chi connectivity index (χ1) is 11.4. The second-order valence-electron chi connectivity index (χ2n) is 5.19. The number of aliphatic carboxylic acids is 1. The lowest BCUT2D eigenvalue weighted by atomic mass is 9.89. The van der Waals surface area contributed by atoms with Crippen LogP contribution in [0, 0.1) is 0 Å². The number of carboxylic acids is 1. The Morgan fingerprint density at radius 2 is 1.88 bits per heavy atom. The molecule has 0 saturated heterocycles. The van der Waals surface area contributed by atoms with Gasteiger partial charge in [-0.3, -0.25) is 0 Å². The van der Waals surface area contributed by atoms with Gasteiger partial charge in [0.1, 0.15) is 11.5 Å². The van der Waals surface area contributed by atoms with Gasteiger partial charge in [0.25, 0.3) is 0 Å². The quantitative estimate of drug-likeness (QED) is 0.791. The lowest BCUT2D eigenvalue weighted by molar-refractivity contribution is -0.274. The average molecular weight is 370 g/mol. The van der Waals surface area contributed by atoms with Crippen LogP contribution in [0.15, 0.2) is 23.8 Å². The van der Waals surface area contributed by atoms with E-state index in [-0.39, 0.29) is 29.7 Å². The summed E-state index contributed by atoms with van der Waals surface area (Å²) < 4.78 is 85.0. The van der Waals surface area contributed by atoms with E-state index in [0.29, 0.717) is 0 Å². The van der Waals surface area contributed by atoms with Crippen LogP contribution >= 0.6 is 0 Å². The number of hydrogen-bond acceptors (Lipinski definition) is 3. The Morgan fingerprint density at radius 3 is 2.36 bits per heavy atom. The molecular formula is C15H12F6O4.